The maximum absolute atomic E-state index is 10.6. The highest BCUT2D eigenvalue weighted by molar-refractivity contribution is 5.71. The Morgan fingerprint density at radius 3 is 3.07 bits per heavy atom. The van der Waals surface area contributed by atoms with Gasteiger partial charge in [0.15, 0.2) is 6.29 Å². The summed E-state index contributed by atoms with van der Waals surface area (Å²) in [6.07, 6.45) is 7.62. The van der Waals surface area contributed by atoms with Crippen LogP contribution in [0.3, 0.4) is 0 Å². The van der Waals surface area contributed by atoms with Crippen molar-refractivity contribution in [3.8, 4) is 0 Å². The molecule has 0 aliphatic carbocycles. The van der Waals surface area contributed by atoms with Gasteiger partial charge in [-0.2, -0.15) is 0 Å². The molecule has 15 heavy (non-hydrogen) atoms. The first-order chi connectivity index (χ1) is 7.31. The van der Waals surface area contributed by atoms with E-state index in [1.165, 1.54) is 25.5 Å². The zero-order chi connectivity index (χ0) is 10.7. The Morgan fingerprint density at radius 2 is 2.33 bits per heavy atom. The Balaban J connectivity index is 2.23. The summed E-state index contributed by atoms with van der Waals surface area (Å²) in [5.74, 6) is 0.826. The molecule has 1 aliphatic heterocycles. The highest BCUT2D eigenvalue weighted by Gasteiger charge is 2.19. The Bertz CT molecular complexity index is 353. The standard InChI is InChI=1S/C11H15N3O/c1-9-4-2-3-5-14(9)11-7-12-6-10(8-15)13-11/h6-9H,2-5H2,1H3/t9-/m1/s1. The van der Waals surface area contributed by atoms with E-state index < -0.39 is 0 Å². The van der Waals surface area contributed by atoms with Crippen LogP contribution in [-0.4, -0.2) is 28.8 Å². The van der Waals surface area contributed by atoms with Gasteiger partial charge in [-0.1, -0.05) is 0 Å². The first-order valence-electron chi connectivity index (χ1n) is 5.35. The molecule has 1 aliphatic rings. The van der Waals surface area contributed by atoms with Gasteiger partial charge in [-0.15, -0.1) is 0 Å². The third-order valence-electron chi connectivity index (χ3n) is 2.86. The van der Waals surface area contributed by atoms with Crippen LogP contribution in [0.15, 0.2) is 12.4 Å². The maximum Gasteiger partial charge on any atom is 0.170 e. The molecule has 0 bridgehead atoms. The lowest BCUT2D eigenvalue weighted by atomic mass is 10.0. The van der Waals surface area contributed by atoms with E-state index in [0.717, 1.165) is 18.6 Å². The van der Waals surface area contributed by atoms with Crippen molar-refractivity contribution < 1.29 is 4.79 Å². The quantitative estimate of drug-likeness (QED) is 0.689. The summed E-state index contributed by atoms with van der Waals surface area (Å²) in [4.78, 5) is 21.1. The number of rotatable bonds is 2. The van der Waals surface area contributed by atoms with Crippen LogP contribution in [0.2, 0.25) is 0 Å². The van der Waals surface area contributed by atoms with Crippen molar-refractivity contribution in [2.75, 3.05) is 11.4 Å². The second-order valence-electron chi connectivity index (χ2n) is 3.96. The van der Waals surface area contributed by atoms with Crippen molar-refractivity contribution >= 4 is 12.1 Å². The number of hydrogen-bond acceptors (Lipinski definition) is 4. The van der Waals surface area contributed by atoms with Crippen molar-refractivity contribution in [3.63, 3.8) is 0 Å². The number of carbonyl (C=O) groups is 1. The Hall–Kier alpha value is -1.45. The van der Waals surface area contributed by atoms with Crippen molar-refractivity contribution in [1.82, 2.24) is 9.97 Å². The normalized spacial score (nSPS) is 21.4. The van der Waals surface area contributed by atoms with E-state index in [1.54, 1.807) is 6.20 Å². The fourth-order valence-electron chi connectivity index (χ4n) is 2.00. The highest BCUT2D eigenvalue weighted by Crippen LogP contribution is 2.21. The van der Waals surface area contributed by atoms with E-state index in [9.17, 15) is 4.79 Å². The van der Waals surface area contributed by atoms with Crippen molar-refractivity contribution in [2.24, 2.45) is 0 Å². The van der Waals surface area contributed by atoms with Crippen LogP contribution in [-0.2, 0) is 0 Å². The number of carbonyl (C=O) groups excluding carboxylic acids is 1. The van der Waals surface area contributed by atoms with Gasteiger partial charge in [0.25, 0.3) is 0 Å². The van der Waals surface area contributed by atoms with E-state index in [4.69, 9.17) is 0 Å². The Labute approximate surface area is 89.3 Å². The topological polar surface area (TPSA) is 46.1 Å². The van der Waals surface area contributed by atoms with E-state index in [1.807, 2.05) is 0 Å². The number of hydrogen-bond donors (Lipinski definition) is 0. The molecule has 0 amide bonds. The fraction of sp³-hybridized carbons (Fsp3) is 0.545. The zero-order valence-electron chi connectivity index (χ0n) is 8.89. The number of aldehydes is 1. The smallest absolute Gasteiger partial charge is 0.170 e. The molecule has 2 heterocycles. The molecule has 4 heteroatoms. The van der Waals surface area contributed by atoms with Gasteiger partial charge in [-0.3, -0.25) is 9.78 Å². The van der Waals surface area contributed by atoms with Crippen LogP contribution in [0.4, 0.5) is 5.82 Å². The molecule has 2 rings (SSSR count). The summed E-state index contributed by atoms with van der Waals surface area (Å²) in [5.41, 5.74) is 0.408. The Morgan fingerprint density at radius 1 is 1.47 bits per heavy atom. The van der Waals surface area contributed by atoms with Crippen LogP contribution >= 0.6 is 0 Å². The SMILES string of the molecule is C[C@@H]1CCCCN1c1cncc(C=O)n1. The molecule has 0 unspecified atom stereocenters. The van der Waals surface area contributed by atoms with Gasteiger partial charge in [0, 0.05) is 12.6 Å². The molecule has 1 aromatic rings. The largest absolute Gasteiger partial charge is 0.353 e. The average molecular weight is 205 g/mol. The van der Waals surface area contributed by atoms with Crippen LogP contribution in [0.25, 0.3) is 0 Å². The molecule has 80 valence electrons. The van der Waals surface area contributed by atoms with Gasteiger partial charge in [0.05, 0.1) is 12.4 Å². The summed E-state index contributed by atoms with van der Waals surface area (Å²) in [7, 11) is 0. The Kier molecular flexibility index (Phi) is 2.94. The molecule has 4 nitrogen and oxygen atoms in total. The molecule has 1 fully saturated rings. The first kappa shape index (κ1) is 10.1. The number of aromatic nitrogens is 2. The van der Waals surface area contributed by atoms with Crippen molar-refractivity contribution in [1.29, 1.82) is 0 Å². The van der Waals surface area contributed by atoms with Gasteiger partial charge in [0.2, 0.25) is 0 Å². The number of anilines is 1. The second-order valence-corrected chi connectivity index (χ2v) is 3.96. The highest BCUT2D eigenvalue weighted by atomic mass is 16.1. The first-order valence-corrected chi connectivity index (χ1v) is 5.35. The third kappa shape index (κ3) is 2.14. The molecule has 1 aromatic heterocycles. The zero-order valence-corrected chi connectivity index (χ0v) is 8.89. The van der Waals surface area contributed by atoms with E-state index in [0.29, 0.717) is 11.7 Å². The van der Waals surface area contributed by atoms with Crippen molar-refractivity contribution in [3.05, 3.63) is 18.1 Å². The molecule has 0 spiro atoms. The number of nitrogens with zero attached hydrogens (tertiary/aromatic N) is 3. The summed E-state index contributed by atoms with van der Waals surface area (Å²) in [5, 5.41) is 0. The van der Waals surface area contributed by atoms with Crippen LogP contribution < -0.4 is 4.90 Å². The predicted octanol–water partition coefficient (Wildman–Crippen LogP) is 1.67. The lowest BCUT2D eigenvalue weighted by molar-refractivity contribution is 0.111. The predicted molar refractivity (Wildman–Crippen MR) is 58.1 cm³/mol. The van der Waals surface area contributed by atoms with Gasteiger partial charge >= 0.3 is 0 Å². The molecule has 0 N–H and O–H groups in total. The molecule has 0 radical (unpaired) electrons. The minimum absolute atomic E-state index is 0.408. The lowest BCUT2D eigenvalue weighted by Crippen LogP contribution is -2.38. The van der Waals surface area contributed by atoms with Crippen LogP contribution in [0.5, 0.6) is 0 Å². The summed E-state index contributed by atoms with van der Waals surface area (Å²) >= 11 is 0. The average Bonchev–Trinajstić information content (AvgIpc) is 2.30. The van der Waals surface area contributed by atoms with Crippen LogP contribution in [0, 0.1) is 0 Å². The third-order valence-corrected chi connectivity index (χ3v) is 2.86. The van der Waals surface area contributed by atoms with Crippen molar-refractivity contribution in [2.45, 2.75) is 32.2 Å². The van der Waals surface area contributed by atoms with Gasteiger partial charge in [-0.05, 0) is 26.2 Å². The maximum atomic E-state index is 10.6. The summed E-state index contributed by atoms with van der Waals surface area (Å²) < 4.78 is 0. The molecular weight excluding hydrogens is 190 g/mol. The molecule has 0 aromatic carbocycles. The van der Waals surface area contributed by atoms with Gasteiger partial charge in [0.1, 0.15) is 11.5 Å². The minimum atomic E-state index is 0.408. The molecule has 1 saturated heterocycles. The van der Waals surface area contributed by atoms with Crippen LogP contribution in [0.1, 0.15) is 36.7 Å². The fourth-order valence-corrected chi connectivity index (χ4v) is 2.00. The van der Waals surface area contributed by atoms with E-state index >= 15 is 0 Å². The molecular formula is C11H15N3O. The summed E-state index contributed by atoms with van der Waals surface area (Å²) in [6.45, 7) is 3.20. The number of piperidine rings is 1. The summed E-state index contributed by atoms with van der Waals surface area (Å²) in [6, 6.07) is 0.495. The van der Waals surface area contributed by atoms with Gasteiger partial charge in [-0.25, -0.2) is 4.98 Å². The van der Waals surface area contributed by atoms with Gasteiger partial charge < -0.3 is 4.90 Å². The minimum Gasteiger partial charge on any atom is -0.353 e. The van der Waals surface area contributed by atoms with E-state index in [2.05, 4.69) is 21.8 Å². The van der Waals surface area contributed by atoms with E-state index in [-0.39, 0.29) is 0 Å². The molecule has 1 atom stereocenters. The lowest BCUT2D eigenvalue weighted by Gasteiger charge is -2.34. The second kappa shape index (κ2) is 4.38. The monoisotopic (exact) mass is 205 g/mol. The molecule has 0 saturated carbocycles.